The van der Waals surface area contributed by atoms with Crippen LogP contribution in [0.3, 0.4) is 0 Å². The summed E-state index contributed by atoms with van der Waals surface area (Å²) in [6.45, 7) is 0.173. The molecule has 0 bridgehead atoms. The van der Waals surface area contributed by atoms with Gasteiger partial charge in [0, 0.05) is 11.3 Å². The summed E-state index contributed by atoms with van der Waals surface area (Å²) >= 11 is 11.4. The Morgan fingerprint density at radius 2 is 1.72 bits per heavy atom. The molecule has 0 fully saturated rings. The van der Waals surface area contributed by atoms with Crippen LogP contribution in [0.25, 0.3) is 0 Å². The van der Waals surface area contributed by atoms with Crippen LogP contribution in [0.5, 0.6) is 0 Å². The molecule has 2 amide bonds. The second-order valence-electron chi connectivity index (χ2n) is 3.82. The van der Waals surface area contributed by atoms with Crippen LogP contribution in [0.4, 0.5) is 0 Å². The first-order valence-electron chi connectivity index (χ1n) is 5.46. The zero-order valence-electron chi connectivity index (χ0n) is 9.44. The number of amides is 2. The highest BCUT2D eigenvalue weighted by atomic mass is 35.5. The van der Waals surface area contributed by atoms with E-state index >= 15 is 0 Å². The fourth-order valence-electron chi connectivity index (χ4n) is 1.63. The van der Waals surface area contributed by atoms with Crippen molar-refractivity contribution in [1.29, 1.82) is 0 Å². The van der Waals surface area contributed by atoms with Crippen molar-refractivity contribution in [2.75, 3.05) is 12.5 Å². The van der Waals surface area contributed by atoms with Crippen molar-refractivity contribution in [2.45, 2.75) is 11.8 Å². The van der Waals surface area contributed by atoms with Crippen molar-refractivity contribution in [3.63, 3.8) is 0 Å². The molecular formula is C12H11Cl2NO3. The van der Waals surface area contributed by atoms with Crippen LogP contribution in [0.15, 0.2) is 24.3 Å². The molecule has 1 aromatic carbocycles. The number of alkyl halides is 2. The Balaban J connectivity index is 2.01. The summed E-state index contributed by atoms with van der Waals surface area (Å²) in [5.41, 5.74) is 0.726. The van der Waals surface area contributed by atoms with E-state index in [0.717, 1.165) is 5.06 Å². The lowest BCUT2D eigenvalue weighted by atomic mass is 10.1. The van der Waals surface area contributed by atoms with Crippen molar-refractivity contribution >= 4 is 35.0 Å². The Bertz CT molecular complexity index is 443. The van der Waals surface area contributed by atoms with E-state index < -0.39 is 11.8 Å². The van der Waals surface area contributed by atoms with E-state index in [1.54, 1.807) is 24.3 Å². The fourth-order valence-corrected chi connectivity index (χ4v) is 1.88. The Kier molecular flexibility index (Phi) is 4.22. The molecule has 0 N–H and O–H groups in total. The van der Waals surface area contributed by atoms with Gasteiger partial charge in [0.1, 0.15) is 0 Å². The fraction of sp³-hybridized carbons (Fsp3) is 0.333. The number of imide groups is 1. The minimum Gasteiger partial charge on any atom is -0.266 e. The van der Waals surface area contributed by atoms with Crippen LogP contribution < -0.4 is 0 Å². The van der Waals surface area contributed by atoms with Crippen LogP contribution in [0, 0.1) is 0 Å². The van der Waals surface area contributed by atoms with Crippen LogP contribution >= 0.6 is 23.2 Å². The highest BCUT2D eigenvalue weighted by Crippen LogP contribution is 2.22. The van der Waals surface area contributed by atoms with Crippen LogP contribution in [-0.4, -0.2) is 34.7 Å². The molecule has 0 spiro atoms. The van der Waals surface area contributed by atoms with Gasteiger partial charge in [-0.25, -0.2) is 0 Å². The van der Waals surface area contributed by atoms with Gasteiger partial charge in [-0.15, -0.1) is 28.3 Å². The van der Waals surface area contributed by atoms with E-state index in [2.05, 4.69) is 0 Å². The predicted molar refractivity (Wildman–Crippen MR) is 67.9 cm³/mol. The molecule has 4 nitrogen and oxygen atoms in total. The number of hydroxylamine groups is 2. The summed E-state index contributed by atoms with van der Waals surface area (Å²) < 4.78 is 0. The Morgan fingerprint density at radius 3 is 2.22 bits per heavy atom. The zero-order valence-corrected chi connectivity index (χ0v) is 10.9. The number of halogens is 2. The van der Waals surface area contributed by atoms with Crippen molar-refractivity contribution < 1.29 is 14.4 Å². The Labute approximate surface area is 114 Å². The zero-order chi connectivity index (χ0) is 13.1. The third kappa shape index (κ3) is 2.51. The van der Waals surface area contributed by atoms with E-state index in [9.17, 15) is 9.59 Å². The Morgan fingerprint density at radius 1 is 1.17 bits per heavy atom. The third-order valence-corrected chi connectivity index (χ3v) is 3.48. The number of nitrogens with zero attached hydrogens (tertiary/aromatic N) is 1. The van der Waals surface area contributed by atoms with Crippen molar-refractivity contribution in [2.24, 2.45) is 0 Å². The molecule has 1 aliphatic heterocycles. The predicted octanol–water partition coefficient (Wildman–Crippen LogP) is 2.45. The normalized spacial score (nSPS) is 16.0. The number of rotatable bonds is 5. The van der Waals surface area contributed by atoms with Crippen LogP contribution in [0.2, 0.25) is 0 Å². The molecule has 0 aliphatic carbocycles. The molecular weight excluding hydrogens is 277 g/mol. The van der Waals surface area contributed by atoms with Gasteiger partial charge in [-0.2, -0.15) is 0 Å². The van der Waals surface area contributed by atoms with Gasteiger partial charge in [-0.1, -0.05) is 12.1 Å². The average Bonchev–Trinajstić information content (AvgIpc) is 2.64. The maximum absolute atomic E-state index is 11.9. The molecule has 1 atom stereocenters. The average molecular weight is 288 g/mol. The molecule has 1 heterocycles. The molecule has 0 aromatic heterocycles. The van der Waals surface area contributed by atoms with Crippen molar-refractivity contribution in [3.05, 3.63) is 35.4 Å². The first kappa shape index (κ1) is 13.3. The van der Waals surface area contributed by atoms with Gasteiger partial charge in [0.25, 0.3) is 11.8 Å². The second-order valence-corrected chi connectivity index (χ2v) is 4.75. The third-order valence-electron chi connectivity index (χ3n) is 2.58. The summed E-state index contributed by atoms with van der Waals surface area (Å²) in [6.07, 6.45) is 0.471. The van der Waals surface area contributed by atoms with Gasteiger partial charge in [0.2, 0.25) is 0 Å². The number of hydrogen-bond acceptors (Lipinski definition) is 3. The maximum Gasteiger partial charge on any atom is 0.285 e. The van der Waals surface area contributed by atoms with E-state index in [1.165, 1.54) is 0 Å². The SMILES string of the molecule is O=C1c2ccccc2C(=O)N1OCCC(Cl)CCl. The maximum atomic E-state index is 11.9. The first-order valence-corrected chi connectivity index (χ1v) is 6.43. The number of carbonyl (C=O) groups is 2. The second kappa shape index (κ2) is 5.69. The lowest BCUT2D eigenvalue weighted by Gasteiger charge is -2.14. The van der Waals surface area contributed by atoms with Gasteiger partial charge in [-0.05, 0) is 18.6 Å². The van der Waals surface area contributed by atoms with E-state index in [4.69, 9.17) is 28.0 Å². The lowest BCUT2D eigenvalue weighted by molar-refractivity contribution is -0.0918. The summed E-state index contributed by atoms with van der Waals surface area (Å²) in [5, 5.41) is 0.546. The van der Waals surface area contributed by atoms with Crippen molar-refractivity contribution in [1.82, 2.24) is 5.06 Å². The molecule has 6 heteroatoms. The molecule has 96 valence electrons. The van der Waals surface area contributed by atoms with Gasteiger partial charge < -0.3 is 0 Å². The number of fused-ring (bicyclic) bond motifs is 1. The van der Waals surface area contributed by atoms with E-state index in [-0.39, 0.29) is 12.0 Å². The lowest BCUT2D eigenvalue weighted by Crippen LogP contribution is -2.30. The first-order chi connectivity index (χ1) is 8.65. The highest BCUT2D eigenvalue weighted by Gasteiger charge is 2.36. The monoisotopic (exact) mass is 287 g/mol. The van der Waals surface area contributed by atoms with Crippen molar-refractivity contribution in [3.8, 4) is 0 Å². The minimum atomic E-state index is -0.437. The minimum absolute atomic E-state index is 0.173. The number of benzene rings is 1. The standard InChI is InChI=1S/C12H11Cl2NO3/c13-7-8(14)5-6-18-15-11(16)9-3-1-2-4-10(9)12(15)17/h1-4,8H,5-7H2. The van der Waals surface area contributed by atoms with E-state index in [1.807, 2.05) is 0 Å². The molecule has 18 heavy (non-hydrogen) atoms. The summed E-state index contributed by atoms with van der Waals surface area (Å²) in [7, 11) is 0. The molecule has 1 aliphatic rings. The summed E-state index contributed by atoms with van der Waals surface area (Å²) in [5.74, 6) is -0.576. The van der Waals surface area contributed by atoms with Gasteiger partial charge in [-0.3, -0.25) is 14.4 Å². The summed E-state index contributed by atoms with van der Waals surface area (Å²) in [4.78, 5) is 28.9. The van der Waals surface area contributed by atoms with Crippen LogP contribution in [0.1, 0.15) is 27.1 Å². The highest BCUT2D eigenvalue weighted by molar-refractivity contribution is 6.28. The van der Waals surface area contributed by atoms with Crippen LogP contribution in [-0.2, 0) is 4.84 Å². The van der Waals surface area contributed by atoms with Gasteiger partial charge in [0.15, 0.2) is 0 Å². The number of carbonyl (C=O) groups excluding carboxylic acids is 2. The van der Waals surface area contributed by atoms with Gasteiger partial charge in [0.05, 0.1) is 17.7 Å². The smallest absolute Gasteiger partial charge is 0.266 e. The largest absolute Gasteiger partial charge is 0.285 e. The number of hydrogen-bond donors (Lipinski definition) is 0. The molecule has 1 unspecified atom stereocenters. The van der Waals surface area contributed by atoms with E-state index in [0.29, 0.717) is 23.4 Å². The molecule has 0 saturated carbocycles. The molecule has 1 aromatic rings. The molecule has 0 saturated heterocycles. The molecule has 0 radical (unpaired) electrons. The molecule has 2 rings (SSSR count). The quantitative estimate of drug-likeness (QED) is 0.617. The Hall–Kier alpha value is -1.10. The van der Waals surface area contributed by atoms with Gasteiger partial charge >= 0.3 is 0 Å². The summed E-state index contributed by atoms with van der Waals surface area (Å²) in [6, 6.07) is 6.61. The topological polar surface area (TPSA) is 46.6 Å².